The number of hydrogen-bond acceptors (Lipinski definition) is 4. The molecule has 0 saturated heterocycles. The monoisotopic (exact) mass is 376 g/mol. The number of rotatable bonds is 4. The predicted octanol–water partition coefficient (Wildman–Crippen LogP) is 3.13. The maximum atomic E-state index is 12.4. The van der Waals surface area contributed by atoms with Crippen LogP contribution in [0.1, 0.15) is 27.2 Å². The van der Waals surface area contributed by atoms with Gasteiger partial charge in [0.1, 0.15) is 10.7 Å². The third-order valence-electron chi connectivity index (χ3n) is 3.26. The fourth-order valence-electron chi connectivity index (χ4n) is 1.99. The second-order valence-electron chi connectivity index (χ2n) is 4.89. The van der Waals surface area contributed by atoms with E-state index in [2.05, 4.69) is 5.43 Å². The Morgan fingerprint density at radius 1 is 1.22 bits per heavy atom. The Morgan fingerprint density at radius 3 is 2.43 bits per heavy atom. The number of aryl methyl sites for hydroxylation is 2. The number of hydrogen-bond donors (Lipinski definition) is 2. The molecule has 9 heteroatoms. The highest BCUT2D eigenvalue weighted by atomic mass is 35.5. The lowest BCUT2D eigenvalue weighted by molar-refractivity contribution is 0.0943. The molecule has 0 radical (unpaired) electrons. The lowest BCUT2D eigenvalue weighted by Gasteiger charge is -2.14. The second kappa shape index (κ2) is 6.52. The average Bonchev–Trinajstić information content (AvgIpc) is 2.89. The lowest BCUT2D eigenvalue weighted by Crippen LogP contribution is -2.42. The minimum absolute atomic E-state index is 0.0492. The molecule has 2 rings (SSSR count). The van der Waals surface area contributed by atoms with Crippen LogP contribution in [-0.2, 0) is 10.0 Å². The molecule has 0 aliphatic carbocycles. The minimum Gasteiger partial charge on any atom is -0.469 e. The number of hydrazine groups is 1. The van der Waals surface area contributed by atoms with Gasteiger partial charge in [-0.25, -0.2) is 8.42 Å². The van der Waals surface area contributed by atoms with Crippen LogP contribution in [0.15, 0.2) is 27.7 Å². The van der Waals surface area contributed by atoms with Crippen molar-refractivity contribution >= 4 is 39.1 Å². The lowest BCUT2D eigenvalue weighted by atomic mass is 10.2. The first-order valence-corrected chi connectivity index (χ1v) is 8.70. The van der Waals surface area contributed by atoms with Crippen molar-refractivity contribution in [2.75, 3.05) is 0 Å². The van der Waals surface area contributed by atoms with Crippen LogP contribution < -0.4 is 10.3 Å². The number of sulfonamides is 1. The van der Waals surface area contributed by atoms with Crippen molar-refractivity contribution < 1.29 is 17.6 Å². The molecular weight excluding hydrogens is 363 g/mol. The fourth-order valence-corrected chi connectivity index (χ4v) is 4.04. The van der Waals surface area contributed by atoms with E-state index in [-0.39, 0.29) is 20.5 Å². The van der Waals surface area contributed by atoms with E-state index in [0.717, 1.165) is 0 Å². The van der Waals surface area contributed by atoms with Gasteiger partial charge in [-0.2, -0.15) is 0 Å². The molecular formula is C14H14Cl2N2O4S. The highest BCUT2D eigenvalue weighted by Crippen LogP contribution is 2.33. The minimum atomic E-state index is -4.09. The molecule has 1 aromatic heterocycles. The van der Waals surface area contributed by atoms with Gasteiger partial charge in [0.15, 0.2) is 0 Å². The van der Waals surface area contributed by atoms with Gasteiger partial charge >= 0.3 is 0 Å². The second-order valence-corrected chi connectivity index (χ2v) is 7.30. The number of halogens is 2. The van der Waals surface area contributed by atoms with Crippen LogP contribution in [-0.4, -0.2) is 14.3 Å². The molecule has 124 valence electrons. The average molecular weight is 377 g/mol. The van der Waals surface area contributed by atoms with Gasteiger partial charge in [-0.3, -0.25) is 10.2 Å². The van der Waals surface area contributed by atoms with E-state index >= 15 is 0 Å². The molecule has 0 unspecified atom stereocenters. The van der Waals surface area contributed by atoms with Gasteiger partial charge in [-0.1, -0.05) is 23.2 Å². The summed E-state index contributed by atoms with van der Waals surface area (Å²) in [4.78, 5) is 13.8. The summed E-state index contributed by atoms with van der Waals surface area (Å²) in [7, 11) is -4.09. The van der Waals surface area contributed by atoms with E-state index in [1.807, 2.05) is 4.83 Å². The SMILES string of the molecule is Cc1cc(Cl)c(C)c(S(=O)(=O)NNC(=O)c2ccoc2C)c1Cl. The van der Waals surface area contributed by atoms with Crippen molar-refractivity contribution in [3.8, 4) is 0 Å². The van der Waals surface area contributed by atoms with E-state index in [4.69, 9.17) is 27.6 Å². The number of benzene rings is 1. The molecule has 1 amide bonds. The summed E-state index contributed by atoms with van der Waals surface area (Å²) in [6.45, 7) is 4.76. The van der Waals surface area contributed by atoms with Crippen molar-refractivity contribution in [1.82, 2.24) is 10.3 Å². The Kier molecular flexibility index (Phi) is 5.05. The highest BCUT2D eigenvalue weighted by Gasteiger charge is 2.25. The Labute approximate surface area is 143 Å². The number of amides is 1. The summed E-state index contributed by atoms with van der Waals surface area (Å²) in [6, 6.07) is 3.01. The summed E-state index contributed by atoms with van der Waals surface area (Å²) in [5.74, 6) is -0.276. The summed E-state index contributed by atoms with van der Waals surface area (Å²) in [5.41, 5.74) is 3.15. The first kappa shape index (κ1) is 17.8. The zero-order valence-corrected chi connectivity index (χ0v) is 14.9. The molecule has 1 aromatic carbocycles. The van der Waals surface area contributed by atoms with Gasteiger partial charge in [0.2, 0.25) is 0 Å². The summed E-state index contributed by atoms with van der Waals surface area (Å²) in [6.07, 6.45) is 1.33. The zero-order chi connectivity index (χ0) is 17.4. The van der Waals surface area contributed by atoms with E-state index in [1.54, 1.807) is 19.9 Å². The molecule has 1 heterocycles. The number of furan rings is 1. The normalized spacial score (nSPS) is 11.5. The molecule has 0 spiro atoms. The van der Waals surface area contributed by atoms with Crippen LogP contribution in [0.4, 0.5) is 0 Å². The zero-order valence-electron chi connectivity index (χ0n) is 12.5. The van der Waals surface area contributed by atoms with Crippen LogP contribution in [0.5, 0.6) is 0 Å². The van der Waals surface area contributed by atoms with Gasteiger partial charge in [-0.05, 0) is 44.0 Å². The standard InChI is InChI=1S/C14H14Cl2N2O4S/c1-7-6-11(15)8(2)13(12(7)16)23(20,21)18-17-14(19)10-4-5-22-9(10)3/h4-6,18H,1-3H3,(H,17,19). The third kappa shape index (κ3) is 3.53. The summed E-state index contributed by atoms with van der Waals surface area (Å²) >= 11 is 12.1. The number of carbonyl (C=O) groups excluding carboxylic acids is 1. The van der Waals surface area contributed by atoms with Crippen molar-refractivity contribution in [3.63, 3.8) is 0 Å². The maximum Gasteiger partial charge on any atom is 0.269 e. The largest absolute Gasteiger partial charge is 0.469 e. The molecule has 0 aliphatic rings. The molecule has 6 nitrogen and oxygen atoms in total. The molecule has 2 aromatic rings. The number of carbonyl (C=O) groups is 1. The van der Waals surface area contributed by atoms with E-state index in [1.165, 1.54) is 19.3 Å². The van der Waals surface area contributed by atoms with Crippen LogP contribution >= 0.6 is 23.2 Å². The van der Waals surface area contributed by atoms with Gasteiger partial charge in [0.25, 0.3) is 15.9 Å². The fraction of sp³-hybridized carbons (Fsp3) is 0.214. The molecule has 0 saturated carbocycles. The van der Waals surface area contributed by atoms with E-state index in [9.17, 15) is 13.2 Å². The van der Waals surface area contributed by atoms with Crippen LogP contribution in [0, 0.1) is 20.8 Å². The van der Waals surface area contributed by atoms with Gasteiger partial charge in [-0.15, -0.1) is 4.83 Å². The third-order valence-corrected chi connectivity index (χ3v) is 5.67. The molecule has 0 atom stereocenters. The maximum absolute atomic E-state index is 12.4. The van der Waals surface area contributed by atoms with E-state index < -0.39 is 15.9 Å². The van der Waals surface area contributed by atoms with Crippen LogP contribution in [0.25, 0.3) is 0 Å². The smallest absolute Gasteiger partial charge is 0.269 e. The first-order valence-electron chi connectivity index (χ1n) is 6.46. The number of nitrogens with one attached hydrogen (secondary N) is 2. The van der Waals surface area contributed by atoms with Gasteiger partial charge in [0.05, 0.1) is 16.8 Å². The Bertz CT molecular complexity index is 849. The Hall–Kier alpha value is -1.54. The molecule has 0 bridgehead atoms. The van der Waals surface area contributed by atoms with Crippen LogP contribution in [0.2, 0.25) is 10.0 Å². The highest BCUT2D eigenvalue weighted by molar-refractivity contribution is 7.89. The van der Waals surface area contributed by atoms with Gasteiger partial charge in [0, 0.05) is 5.02 Å². The molecule has 0 aliphatic heterocycles. The molecule has 2 N–H and O–H groups in total. The first-order chi connectivity index (χ1) is 10.6. The summed E-state index contributed by atoms with van der Waals surface area (Å²) in [5, 5.41) is 0.317. The quantitative estimate of drug-likeness (QED) is 0.802. The topological polar surface area (TPSA) is 88.4 Å². The summed E-state index contributed by atoms with van der Waals surface area (Å²) < 4.78 is 29.9. The van der Waals surface area contributed by atoms with Gasteiger partial charge < -0.3 is 4.42 Å². The Morgan fingerprint density at radius 2 is 1.87 bits per heavy atom. The van der Waals surface area contributed by atoms with Crippen LogP contribution in [0.3, 0.4) is 0 Å². The van der Waals surface area contributed by atoms with Crippen molar-refractivity contribution in [2.24, 2.45) is 0 Å². The van der Waals surface area contributed by atoms with Crippen molar-refractivity contribution in [2.45, 2.75) is 25.7 Å². The van der Waals surface area contributed by atoms with Crippen molar-refractivity contribution in [3.05, 3.63) is 50.9 Å². The van der Waals surface area contributed by atoms with Crippen molar-refractivity contribution in [1.29, 1.82) is 0 Å². The van der Waals surface area contributed by atoms with E-state index in [0.29, 0.717) is 16.9 Å². The molecule has 0 fully saturated rings. The predicted molar refractivity (Wildman–Crippen MR) is 87.2 cm³/mol. The molecule has 23 heavy (non-hydrogen) atoms. The Balaban J connectivity index is 2.31.